The highest BCUT2D eigenvalue weighted by Crippen LogP contribution is 2.54. The van der Waals surface area contributed by atoms with Gasteiger partial charge in [0.2, 0.25) is 23.6 Å². The zero-order valence-corrected chi connectivity index (χ0v) is 44.7. The first-order chi connectivity index (χ1) is 36.6. The smallest absolute Gasteiger partial charge is 0.317 e. The predicted octanol–water partition coefficient (Wildman–Crippen LogP) is -0.734. The number of aryl methyl sites for hydroxylation is 2. The van der Waals surface area contributed by atoms with Crippen molar-refractivity contribution in [2.75, 3.05) is 132 Å². The highest BCUT2D eigenvalue weighted by atomic mass is 16.6. The number of nitrogens with one attached hydrogen (secondary N) is 4. The van der Waals surface area contributed by atoms with Crippen LogP contribution in [0.4, 0.5) is 0 Å². The van der Waals surface area contributed by atoms with Gasteiger partial charge in [0.05, 0.1) is 89.9 Å². The number of fused-ring (bicyclic) bond motifs is 2. The van der Waals surface area contributed by atoms with Crippen molar-refractivity contribution in [3.63, 3.8) is 0 Å². The van der Waals surface area contributed by atoms with Gasteiger partial charge < -0.3 is 50.4 Å². The third-order valence-electron chi connectivity index (χ3n) is 14.0. The molecule has 6 N–H and O–H groups in total. The van der Waals surface area contributed by atoms with Crippen molar-refractivity contribution in [1.82, 2.24) is 51.0 Å². The quantitative estimate of drug-likeness (QED) is 0.0443. The Hall–Kier alpha value is -5.31. The lowest BCUT2D eigenvalue weighted by Gasteiger charge is -2.24. The molecule has 1 aromatic heterocycles. The summed E-state index contributed by atoms with van der Waals surface area (Å²) in [6.07, 6.45) is 5.96. The average Bonchev–Trinajstić information content (AvgIpc) is 3.84. The zero-order chi connectivity index (χ0) is 55.1. The maximum Gasteiger partial charge on any atom is 0.317 e. The molecule has 1 aromatic rings. The molecule has 428 valence electrons. The van der Waals surface area contributed by atoms with Gasteiger partial charge in [-0.25, -0.2) is 4.68 Å². The first-order valence-corrected chi connectivity index (χ1v) is 27.0. The molecule has 0 bridgehead atoms. The Morgan fingerprint density at radius 1 is 0.579 bits per heavy atom. The molecule has 25 nitrogen and oxygen atoms in total. The van der Waals surface area contributed by atoms with E-state index in [0.717, 1.165) is 43.5 Å². The lowest BCUT2D eigenvalue weighted by atomic mass is 9.99. The minimum atomic E-state index is -0.941. The molecule has 1 saturated heterocycles. The Labute approximate surface area is 445 Å². The Morgan fingerprint density at radius 2 is 1.12 bits per heavy atom. The van der Waals surface area contributed by atoms with Crippen molar-refractivity contribution in [3.05, 3.63) is 11.4 Å². The summed E-state index contributed by atoms with van der Waals surface area (Å²) in [5, 5.41) is 38.1. The van der Waals surface area contributed by atoms with Crippen molar-refractivity contribution in [3.8, 4) is 0 Å². The molecule has 3 aliphatic rings. The van der Waals surface area contributed by atoms with E-state index < -0.39 is 23.9 Å². The Kier molecular flexibility index (Phi) is 29.9. The van der Waals surface area contributed by atoms with Gasteiger partial charge in [-0.1, -0.05) is 5.21 Å². The summed E-state index contributed by atoms with van der Waals surface area (Å²) in [6, 6.07) is -0.941. The monoisotopic (exact) mass is 1080 g/mol. The molecule has 76 heavy (non-hydrogen) atoms. The number of nitrogens with zero attached hydrogens (tertiary/aromatic N) is 6. The summed E-state index contributed by atoms with van der Waals surface area (Å²) < 4.78 is 24.2. The van der Waals surface area contributed by atoms with Crippen LogP contribution in [0.1, 0.15) is 94.9 Å². The first-order valence-electron chi connectivity index (χ1n) is 27.0. The van der Waals surface area contributed by atoms with Gasteiger partial charge in [0.15, 0.2) is 5.78 Å². The van der Waals surface area contributed by atoms with Gasteiger partial charge in [0, 0.05) is 118 Å². The summed E-state index contributed by atoms with van der Waals surface area (Å²) >= 11 is 0. The first kappa shape index (κ1) is 63.2. The number of Topliss-reactive ketones (excluding diaryl/α,β-unsaturated/α-hetero) is 3. The predicted molar refractivity (Wildman–Crippen MR) is 274 cm³/mol. The number of ether oxygens (including phenoxy) is 4. The number of aromatic nitrogens is 3. The van der Waals surface area contributed by atoms with Gasteiger partial charge in [-0.05, 0) is 62.7 Å². The van der Waals surface area contributed by atoms with E-state index >= 15 is 0 Å². The van der Waals surface area contributed by atoms with Crippen molar-refractivity contribution < 1.29 is 72.3 Å². The molecule has 2 unspecified atom stereocenters. The van der Waals surface area contributed by atoms with Crippen LogP contribution in [-0.4, -0.2) is 231 Å². The molecular weight excluding hydrogens is 993 g/mol. The van der Waals surface area contributed by atoms with Crippen LogP contribution in [0.5, 0.6) is 0 Å². The largest absolute Gasteiger partial charge is 0.480 e. The van der Waals surface area contributed by atoms with Crippen LogP contribution in [0, 0.1) is 17.8 Å². The van der Waals surface area contributed by atoms with E-state index in [1.807, 2.05) is 9.58 Å². The van der Waals surface area contributed by atoms with Crippen LogP contribution in [0.2, 0.25) is 0 Å². The Bertz CT molecular complexity index is 2000. The van der Waals surface area contributed by atoms with Crippen molar-refractivity contribution >= 4 is 52.9 Å². The molecular formula is C51H84N10O15. The molecule has 4 amide bonds. The van der Waals surface area contributed by atoms with Gasteiger partial charge >= 0.3 is 11.9 Å². The van der Waals surface area contributed by atoms with Crippen LogP contribution in [0.25, 0.3) is 0 Å². The lowest BCUT2D eigenvalue weighted by Crippen LogP contribution is -2.42. The minimum Gasteiger partial charge on any atom is -0.480 e. The summed E-state index contributed by atoms with van der Waals surface area (Å²) in [7, 11) is 2.94. The van der Waals surface area contributed by atoms with E-state index in [1.54, 1.807) is 9.80 Å². The summed E-state index contributed by atoms with van der Waals surface area (Å²) in [5.74, 6) is -2.01. The number of carbonyl (C=O) groups excluding carboxylic acids is 7. The highest BCUT2D eigenvalue weighted by molar-refractivity contribution is 5.92. The molecule has 0 aromatic carbocycles. The number of carbonyl (C=O) groups is 9. The number of amides is 4. The van der Waals surface area contributed by atoms with Gasteiger partial charge in [-0.3, -0.25) is 57.9 Å². The topological polar surface area (TPSA) is 320 Å². The maximum atomic E-state index is 13.0. The van der Waals surface area contributed by atoms with Gasteiger partial charge in [-0.15, -0.1) is 5.10 Å². The SMILES string of the molecule is CNC(=O)CCC(=O)CC[C@H](NC(=O)CCOCCOCCOCCOCCNC(=O)C[C@H]1C2CCc3nnn(CCCCC(=O)CN4CCN(CC(=O)O)CCN(CC(=O)O)CC4)c3CCC21)C(=O)CCC(=O)NC. The van der Waals surface area contributed by atoms with Crippen LogP contribution < -0.4 is 21.3 Å². The Morgan fingerprint density at radius 3 is 1.70 bits per heavy atom. The third-order valence-corrected chi connectivity index (χ3v) is 14.0. The van der Waals surface area contributed by atoms with Crippen LogP contribution in [0.3, 0.4) is 0 Å². The molecule has 1 aliphatic heterocycles. The second-order valence-corrected chi connectivity index (χ2v) is 19.7. The van der Waals surface area contributed by atoms with E-state index in [1.165, 1.54) is 14.1 Å². The molecule has 2 heterocycles. The van der Waals surface area contributed by atoms with Crippen LogP contribution in [0.15, 0.2) is 0 Å². The maximum absolute atomic E-state index is 13.0. The second-order valence-electron chi connectivity index (χ2n) is 19.7. The third kappa shape index (κ3) is 25.7. The average molecular weight is 1080 g/mol. The number of rotatable bonds is 39. The van der Waals surface area contributed by atoms with E-state index in [4.69, 9.17) is 18.9 Å². The number of unbranched alkanes of at least 4 members (excludes halogenated alkanes) is 1. The fourth-order valence-corrected chi connectivity index (χ4v) is 9.66. The molecule has 2 aliphatic carbocycles. The summed E-state index contributed by atoms with van der Waals surface area (Å²) in [6.45, 7) is 6.33. The minimum absolute atomic E-state index is 0.00366. The number of aliphatic carboxylic acids is 2. The molecule has 0 radical (unpaired) electrons. The van der Waals surface area contributed by atoms with E-state index in [9.17, 15) is 53.4 Å². The second kappa shape index (κ2) is 35.9. The van der Waals surface area contributed by atoms with Gasteiger partial charge in [0.25, 0.3) is 0 Å². The molecule has 0 spiro atoms. The standard InChI is InChI=1S/C51H84N10O15/c1-52-46(65)14-7-37(62)6-10-43(45(64)13-15-47(66)53-2)55-48(67)16-25-73-27-29-75-31-32-76-30-28-74-26-17-54-49(68)33-41-39-8-11-42-44(12-9-40(39)41)61(57-56-42)18-4-3-5-38(63)34-58-19-21-59(35-50(69)70)23-24-60(22-20-58)36-51(71)72/h39-41,43H,3-36H2,1-2H3,(H,52,65)(H,53,66)(H,54,68)(H,55,67)(H,69,70)(H,71,72)/t39?,40?,41-,43-/m0/s1. The van der Waals surface area contributed by atoms with Gasteiger partial charge in [0.1, 0.15) is 11.6 Å². The van der Waals surface area contributed by atoms with Crippen LogP contribution >= 0.6 is 0 Å². The number of carboxylic acid groups (broad SMARTS) is 2. The fraction of sp³-hybridized carbons (Fsp3) is 0.784. The van der Waals surface area contributed by atoms with E-state index in [0.29, 0.717) is 122 Å². The number of carboxylic acids is 2. The van der Waals surface area contributed by atoms with E-state index in [-0.39, 0.29) is 119 Å². The molecule has 1 saturated carbocycles. The summed E-state index contributed by atoms with van der Waals surface area (Å²) in [4.78, 5) is 115. The van der Waals surface area contributed by atoms with Crippen LogP contribution in [-0.2, 0) is 81.5 Å². The molecule has 25 heteroatoms. The number of hydrogen-bond acceptors (Lipinski definition) is 18. The van der Waals surface area contributed by atoms with E-state index in [2.05, 4.69) is 31.6 Å². The van der Waals surface area contributed by atoms with Gasteiger partial charge in [-0.2, -0.15) is 0 Å². The normalized spacial score (nSPS) is 18.5. The molecule has 4 atom stereocenters. The van der Waals surface area contributed by atoms with Crippen molar-refractivity contribution in [2.45, 2.75) is 109 Å². The summed E-state index contributed by atoms with van der Waals surface area (Å²) in [5.41, 5.74) is 2.16. The highest BCUT2D eigenvalue weighted by Gasteiger charge is 2.50. The fourth-order valence-electron chi connectivity index (χ4n) is 9.66. The van der Waals surface area contributed by atoms with Crippen molar-refractivity contribution in [1.29, 1.82) is 0 Å². The lowest BCUT2D eigenvalue weighted by molar-refractivity contribution is -0.140. The zero-order valence-electron chi connectivity index (χ0n) is 44.7. The molecule has 4 rings (SSSR count). The van der Waals surface area contributed by atoms with Crippen molar-refractivity contribution in [2.24, 2.45) is 17.8 Å². The Balaban J connectivity index is 0.984. The molecule has 2 fully saturated rings. The number of ketones is 3. The number of hydrogen-bond donors (Lipinski definition) is 6.